The zero-order chi connectivity index (χ0) is 12.7. The van der Waals surface area contributed by atoms with Gasteiger partial charge in [0.2, 0.25) is 5.91 Å². The fourth-order valence-electron chi connectivity index (χ4n) is 2.31. The van der Waals surface area contributed by atoms with Crippen molar-refractivity contribution in [3.8, 4) is 0 Å². The summed E-state index contributed by atoms with van der Waals surface area (Å²) in [5.74, 6) is -0.117. The summed E-state index contributed by atoms with van der Waals surface area (Å²) in [5.41, 5.74) is 5.66. The molecule has 0 spiro atoms. The summed E-state index contributed by atoms with van der Waals surface area (Å²) in [5, 5.41) is 2.92. The summed E-state index contributed by atoms with van der Waals surface area (Å²) < 4.78 is 4.86. The van der Waals surface area contributed by atoms with Gasteiger partial charge in [-0.1, -0.05) is 13.3 Å². The lowest BCUT2D eigenvalue weighted by atomic mass is 10.0. The Kier molecular flexibility index (Phi) is 13.1. The lowest BCUT2D eigenvalue weighted by Gasteiger charge is -2.35. The largest absolute Gasteiger partial charge is 0.383 e. The predicted molar refractivity (Wildman–Crippen MR) is 82.2 cm³/mol. The Balaban J connectivity index is 0. The highest BCUT2D eigenvalue weighted by molar-refractivity contribution is 5.85. The third-order valence-corrected chi connectivity index (χ3v) is 3.35. The van der Waals surface area contributed by atoms with E-state index in [9.17, 15) is 4.79 Å². The number of piperidine rings is 1. The first-order chi connectivity index (χ1) is 8.19. The zero-order valence-corrected chi connectivity index (χ0v) is 13.4. The van der Waals surface area contributed by atoms with E-state index in [1.165, 1.54) is 12.8 Å². The molecule has 2 atom stereocenters. The van der Waals surface area contributed by atoms with Gasteiger partial charge in [-0.05, 0) is 25.9 Å². The van der Waals surface area contributed by atoms with Gasteiger partial charge in [0.15, 0.2) is 0 Å². The molecule has 0 aliphatic carbocycles. The van der Waals surface area contributed by atoms with Crippen LogP contribution in [0.2, 0.25) is 0 Å². The first-order valence-corrected chi connectivity index (χ1v) is 6.45. The number of rotatable bonds is 6. The van der Waals surface area contributed by atoms with Gasteiger partial charge in [0.05, 0.1) is 6.61 Å². The molecule has 0 bridgehead atoms. The van der Waals surface area contributed by atoms with Gasteiger partial charge in [0.25, 0.3) is 0 Å². The predicted octanol–water partition coefficient (Wildman–Crippen LogP) is 0.794. The van der Waals surface area contributed by atoms with E-state index < -0.39 is 6.04 Å². The number of hydrogen-bond acceptors (Lipinski definition) is 4. The van der Waals surface area contributed by atoms with E-state index in [0.29, 0.717) is 12.6 Å². The minimum Gasteiger partial charge on any atom is -0.383 e. The number of methoxy groups -OCH3 is 1. The second kappa shape index (κ2) is 11.7. The van der Waals surface area contributed by atoms with Crippen LogP contribution >= 0.6 is 24.8 Å². The molecule has 1 heterocycles. The van der Waals surface area contributed by atoms with Crippen LogP contribution in [0.5, 0.6) is 0 Å². The molecule has 7 heteroatoms. The van der Waals surface area contributed by atoms with Gasteiger partial charge in [0.1, 0.15) is 6.04 Å². The number of likely N-dealkylation sites (tertiary alicyclic amines) is 1. The SMILES string of the molecule is CCN1CCCCC1CNC(=O)C(N)COC.Cl.Cl. The summed E-state index contributed by atoms with van der Waals surface area (Å²) in [6.07, 6.45) is 3.68. The zero-order valence-electron chi connectivity index (χ0n) is 11.8. The van der Waals surface area contributed by atoms with Crippen molar-refractivity contribution in [3.05, 3.63) is 0 Å². The third kappa shape index (κ3) is 7.32. The Hall–Kier alpha value is -0.0700. The maximum atomic E-state index is 11.6. The Morgan fingerprint density at radius 2 is 2.16 bits per heavy atom. The normalized spacial score (nSPS) is 20.9. The molecule has 0 aromatic heterocycles. The molecule has 0 aromatic carbocycles. The summed E-state index contributed by atoms with van der Waals surface area (Å²) >= 11 is 0. The maximum absolute atomic E-state index is 11.6. The molecule has 0 saturated carbocycles. The van der Waals surface area contributed by atoms with E-state index >= 15 is 0 Å². The van der Waals surface area contributed by atoms with Crippen molar-refractivity contribution in [2.24, 2.45) is 5.73 Å². The first kappa shape index (κ1) is 21.2. The second-order valence-corrected chi connectivity index (χ2v) is 4.59. The summed E-state index contributed by atoms with van der Waals surface area (Å²) in [6.45, 7) is 5.32. The molecule has 1 amide bonds. The summed E-state index contributed by atoms with van der Waals surface area (Å²) in [6, 6.07) is -0.0916. The summed E-state index contributed by atoms with van der Waals surface area (Å²) in [4.78, 5) is 14.1. The Morgan fingerprint density at radius 1 is 1.47 bits per heavy atom. The van der Waals surface area contributed by atoms with Crippen molar-refractivity contribution < 1.29 is 9.53 Å². The number of hydrogen-bond donors (Lipinski definition) is 2. The molecule has 1 rings (SSSR count). The molecule has 19 heavy (non-hydrogen) atoms. The van der Waals surface area contributed by atoms with Gasteiger partial charge < -0.3 is 15.8 Å². The molecule has 1 aliphatic rings. The quantitative estimate of drug-likeness (QED) is 0.760. The first-order valence-electron chi connectivity index (χ1n) is 6.45. The Morgan fingerprint density at radius 3 is 2.74 bits per heavy atom. The van der Waals surface area contributed by atoms with Crippen LogP contribution < -0.4 is 11.1 Å². The number of ether oxygens (including phenoxy) is 1. The van der Waals surface area contributed by atoms with Crippen LogP contribution in [0.1, 0.15) is 26.2 Å². The molecule has 116 valence electrons. The second-order valence-electron chi connectivity index (χ2n) is 4.59. The molecular formula is C12H27Cl2N3O2. The monoisotopic (exact) mass is 315 g/mol. The number of likely N-dealkylation sites (N-methyl/N-ethyl adjacent to an activating group) is 1. The molecule has 5 nitrogen and oxygen atoms in total. The maximum Gasteiger partial charge on any atom is 0.239 e. The van der Waals surface area contributed by atoms with E-state index in [-0.39, 0.29) is 37.3 Å². The van der Waals surface area contributed by atoms with Crippen LogP contribution in [0.25, 0.3) is 0 Å². The molecule has 1 saturated heterocycles. The summed E-state index contributed by atoms with van der Waals surface area (Å²) in [7, 11) is 1.55. The number of carbonyl (C=O) groups excluding carboxylic acids is 1. The van der Waals surface area contributed by atoms with Crippen LogP contribution in [-0.2, 0) is 9.53 Å². The Labute approximate surface area is 128 Å². The molecule has 2 unspecified atom stereocenters. The Bertz CT molecular complexity index is 245. The number of halogens is 2. The van der Waals surface area contributed by atoms with Crippen molar-refractivity contribution >= 4 is 30.7 Å². The molecule has 0 radical (unpaired) electrons. The van der Waals surface area contributed by atoms with E-state index in [0.717, 1.165) is 19.5 Å². The highest BCUT2D eigenvalue weighted by Crippen LogP contribution is 2.15. The lowest BCUT2D eigenvalue weighted by Crippen LogP contribution is -2.50. The van der Waals surface area contributed by atoms with Crippen molar-refractivity contribution in [1.29, 1.82) is 0 Å². The average Bonchev–Trinajstić information content (AvgIpc) is 2.36. The minimum atomic E-state index is -0.557. The number of amides is 1. The molecular weight excluding hydrogens is 289 g/mol. The smallest absolute Gasteiger partial charge is 0.239 e. The fourth-order valence-corrected chi connectivity index (χ4v) is 2.31. The van der Waals surface area contributed by atoms with Crippen LogP contribution in [0.4, 0.5) is 0 Å². The number of nitrogens with two attached hydrogens (primary N) is 1. The molecule has 1 fully saturated rings. The number of nitrogens with one attached hydrogen (secondary N) is 1. The topological polar surface area (TPSA) is 67.6 Å². The van der Waals surface area contributed by atoms with E-state index in [1.807, 2.05) is 0 Å². The van der Waals surface area contributed by atoms with Crippen molar-refractivity contribution in [3.63, 3.8) is 0 Å². The molecule has 1 aliphatic heterocycles. The van der Waals surface area contributed by atoms with E-state index in [2.05, 4.69) is 17.1 Å². The highest BCUT2D eigenvalue weighted by atomic mass is 35.5. The van der Waals surface area contributed by atoms with Crippen LogP contribution in [0.3, 0.4) is 0 Å². The fraction of sp³-hybridized carbons (Fsp3) is 0.917. The van der Waals surface area contributed by atoms with Crippen molar-refractivity contribution in [2.75, 3.05) is 33.4 Å². The standard InChI is InChI=1S/C12H25N3O2.2ClH/c1-3-15-7-5-4-6-10(15)8-14-12(16)11(13)9-17-2;;/h10-11H,3-9,13H2,1-2H3,(H,14,16);2*1H. The van der Waals surface area contributed by atoms with Crippen LogP contribution in [-0.4, -0.2) is 56.2 Å². The highest BCUT2D eigenvalue weighted by Gasteiger charge is 2.22. The van der Waals surface area contributed by atoms with Gasteiger partial charge >= 0.3 is 0 Å². The minimum absolute atomic E-state index is 0. The van der Waals surface area contributed by atoms with E-state index in [1.54, 1.807) is 7.11 Å². The molecule has 3 N–H and O–H groups in total. The number of nitrogens with zero attached hydrogens (tertiary/aromatic N) is 1. The van der Waals surface area contributed by atoms with Crippen molar-refractivity contribution in [1.82, 2.24) is 10.2 Å². The van der Waals surface area contributed by atoms with Gasteiger partial charge in [-0.25, -0.2) is 0 Å². The van der Waals surface area contributed by atoms with Gasteiger partial charge in [-0.3, -0.25) is 9.69 Å². The lowest BCUT2D eigenvalue weighted by molar-refractivity contribution is -0.123. The number of carbonyl (C=O) groups is 1. The molecule has 0 aromatic rings. The van der Waals surface area contributed by atoms with Crippen LogP contribution in [0.15, 0.2) is 0 Å². The van der Waals surface area contributed by atoms with Gasteiger partial charge in [-0.2, -0.15) is 0 Å². The van der Waals surface area contributed by atoms with Gasteiger partial charge in [0, 0.05) is 19.7 Å². The average molecular weight is 316 g/mol. The van der Waals surface area contributed by atoms with Crippen molar-refractivity contribution in [2.45, 2.75) is 38.3 Å². The third-order valence-electron chi connectivity index (χ3n) is 3.35. The van der Waals surface area contributed by atoms with Gasteiger partial charge in [-0.15, -0.1) is 24.8 Å². The van der Waals surface area contributed by atoms with Crippen LogP contribution in [0, 0.1) is 0 Å². The van der Waals surface area contributed by atoms with E-state index in [4.69, 9.17) is 10.5 Å².